The second-order valence-corrected chi connectivity index (χ2v) is 4.62. The number of ether oxygens (including phenoxy) is 1. The smallest absolute Gasteiger partial charge is 0.0948 e. The summed E-state index contributed by atoms with van der Waals surface area (Å²) in [7, 11) is 1.70. The van der Waals surface area contributed by atoms with Gasteiger partial charge < -0.3 is 9.84 Å². The number of hydrogen-bond acceptors (Lipinski definition) is 2. The molecule has 2 rings (SSSR count). The van der Waals surface area contributed by atoms with Gasteiger partial charge in [-0.25, -0.2) is 0 Å². The van der Waals surface area contributed by atoms with Crippen LogP contribution in [0.2, 0.25) is 0 Å². The topological polar surface area (TPSA) is 29.5 Å². The van der Waals surface area contributed by atoms with Gasteiger partial charge in [0.1, 0.15) is 0 Å². The van der Waals surface area contributed by atoms with Gasteiger partial charge in [-0.05, 0) is 25.0 Å². The third-order valence-electron chi connectivity index (χ3n) is 3.35. The van der Waals surface area contributed by atoms with Crippen LogP contribution in [-0.4, -0.2) is 18.3 Å². The second kappa shape index (κ2) is 3.62. The van der Waals surface area contributed by atoms with Gasteiger partial charge in [-0.2, -0.15) is 0 Å². The lowest BCUT2D eigenvalue weighted by Gasteiger charge is -2.43. The SMILES string of the molecule is COC1CC(O)(c2ccc(C)cc2C)C1. The van der Waals surface area contributed by atoms with E-state index in [1.165, 1.54) is 11.1 Å². The van der Waals surface area contributed by atoms with Crippen molar-refractivity contribution in [2.24, 2.45) is 0 Å². The first-order chi connectivity index (χ1) is 7.05. The molecule has 0 saturated heterocycles. The molecule has 1 N–H and O–H groups in total. The summed E-state index contributed by atoms with van der Waals surface area (Å²) in [6.45, 7) is 4.12. The molecular weight excluding hydrogens is 188 g/mol. The lowest BCUT2D eigenvalue weighted by Crippen LogP contribution is -2.45. The summed E-state index contributed by atoms with van der Waals surface area (Å²) in [5.41, 5.74) is 2.81. The van der Waals surface area contributed by atoms with Crippen molar-refractivity contribution in [3.63, 3.8) is 0 Å². The van der Waals surface area contributed by atoms with Gasteiger partial charge in [-0.3, -0.25) is 0 Å². The van der Waals surface area contributed by atoms with E-state index in [1.807, 2.05) is 6.07 Å². The van der Waals surface area contributed by atoms with E-state index in [1.54, 1.807) is 7.11 Å². The molecule has 0 unspecified atom stereocenters. The van der Waals surface area contributed by atoms with Crippen molar-refractivity contribution < 1.29 is 9.84 Å². The molecule has 1 fully saturated rings. The maximum absolute atomic E-state index is 10.4. The van der Waals surface area contributed by atoms with E-state index in [0.29, 0.717) is 12.8 Å². The van der Waals surface area contributed by atoms with Crippen molar-refractivity contribution in [1.29, 1.82) is 0 Å². The molecule has 2 nitrogen and oxygen atoms in total. The van der Waals surface area contributed by atoms with Crippen LogP contribution in [0.1, 0.15) is 29.5 Å². The Kier molecular flexibility index (Phi) is 2.57. The van der Waals surface area contributed by atoms with E-state index in [-0.39, 0.29) is 6.10 Å². The van der Waals surface area contributed by atoms with E-state index in [9.17, 15) is 5.11 Å². The highest BCUT2D eigenvalue weighted by Gasteiger charge is 2.44. The van der Waals surface area contributed by atoms with Crippen LogP contribution in [0.4, 0.5) is 0 Å². The van der Waals surface area contributed by atoms with Gasteiger partial charge in [0, 0.05) is 20.0 Å². The third-order valence-corrected chi connectivity index (χ3v) is 3.35. The Labute approximate surface area is 90.9 Å². The highest BCUT2D eigenvalue weighted by atomic mass is 16.5. The van der Waals surface area contributed by atoms with Crippen molar-refractivity contribution in [3.8, 4) is 0 Å². The lowest BCUT2D eigenvalue weighted by molar-refractivity contribution is -0.133. The summed E-state index contributed by atoms with van der Waals surface area (Å²) >= 11 is 0. The highest BCUT2D eigenvalue weighted by Crippen LogP contribution is 2.43. The Morgan fingerprint density at radius 3 is 2.53 bits per heavy atom. The summed E-state index contributed by atoms with van der Waals surface area (Å²) in [6, 6.07) is 6.21. The molecule has 0 atom stereocenters. The first kappa shape index (κ1) is 10.7. The first-order valence-corrected chi connectivity index (χ1v) is 5.38. The normalized spacial score (nSPS) is 30.0. The van der Waals surface area contributed by atoms with E-state index >= 15 is 0 Å². The molecule has 1 saturated carbocycles. The third kappa shape index (κ3) is 1.80. The Balaban J connectivity index is 2.24. The van der Waals surface area contributed by atoms with Crippen molar-refractivity contribution in [2.45, 2.75) is 38.4 Å². The van der Waals surface area contributed by atoms with Gasteiger partial charge in [-0.15, -0.1) is 0 Å². The lowest BCUT2D eigenvalue weighted by atomic mass is 9.71. The van der Waals surface area contributed by atoms with Crippen molar-refractivity contribution in [2.75, 3.05) is 7.11 Å². The maximum atomic E-state index is 10.4. The highest BCUT2D eigenvalue weighted by molar-refractivity contribution is 5.36. The molecule has 0 bridgehead atoms. The van der Waals surface area contributed by atoms with E-state index in [0.717, 1.165) is 5.56 Å². The number of rotatable bonds is 2. The van der Waals surface area contributed by atoms with Crippen molar-refractivity contribution in [3.05, 3.63) is 34.9 Å². The van der Waals surface area contributed by atoms with Gasteiger partial charge in [0.2, 0.25) is 0 Å². The zero-order valence-corrected chi connectivity index (χ0v) is 9.58. The van der Waals surface area contributed by atoms with Gasteiger partial charge in [0.25, 0.3) is 0 Å². The second-order valence-electron chi connectivity index (χ2n) is 4.62. The fraction of sp³-hybridized carbons (Fsp3) is 0.538. The van der Waals surface area contributed by atoms with Crippen LogP contribution in [0, 0.1) is 13.8 Å². The average molecular weight is 206 g/mol. The molecule has 0 aliphatic heterocycles. The van der Waals surface area contributed by atoms with Crippen LogP contribution in [0.15, 0.2) is 18.2 Å². The molecule has 1 aliphatic rings. The van der Waals surface area contributed by atoms with E-state index in [4.69, 9.17) is 4.74 Å². The van der Waals surface area contributed by atoms with E-state index in [2.05, 4.69) is 26.0 Å². The summed E-state index contributed by atoms with van der Waals surface area (Å²) in [4.78, 5) is 0. The molecule has 1 aromatic carbocycles. The molecule has 15 heavy (non-hydrogen) atoms. The molecule has 2 heteroatoms. The van der Waals surface area contributed by atoms with Gasteiger partial charge >= 0.3 is 0 Å². The van der Waals surface area contributed by atoms with Crippen LogP contribution in [0.25, 0.3) is 0 Å². The van der Waals surface area contributed by atoms with Crippen molar-refractivity contribution >= 4 is 0 Å². The number of hydrogen-bond donors (Lipinski definition) is 1. The molecule has 0 radical (unpaired) electrons. The Morgan fingerprint density at radius 1 is 1.33 bits per heavy atom. The molecular formula is C13H18O2. The molecule has 0 aromatic heterocycles. The minimum absolute atomic E-state index is 0.218. The van der Waals surface area contributed by atoms with Crippen LogP contribution in [0.5, 0.6) is 0 Å². The van der Waals surface area contributed by atoms with Crippen LogP contribution in [0.3, 0.4) is 0 Å². The molecule has 0 amide bonds. The van der Waals surface area contributed by atoms with Crippen molar-refractivity contribution in [1.82, 2.24) is 0 Å². The Hall–Kier alpha value is -0.860. The largest absolute Gasteiger partial charge is 0.385 e. The zero-order chi connectivity index (χ0) is 11.1. The molecule has 0 heterocycles. The van der Waals surface area contributed by atoms with Gasteiger partial charge in [0.05, 0.1) is 11.7 Å². The van der Waals surface area contributed by atoms with Gasteiger partial charge in [-0.1, -0.05) is 23.8 Å². The van der Waals surface area contributed by atoms with Crippen LogP contribution in [-0.2, 0) is 10.3 Å². The van der Waals surface area contributed by atoms with E-state index < -0.39 is 5.60 Å². The summed E-state index contributed by atoms with van der Waals surface area (Å²) in [6.07, 6.45) is 1.65. The average Bonchev–Trinajstić information content (AvgIpc) is 2.12. The van der Waals surface area contributed by atoms with Gasteiger partial charge in [0.15, 0.2) is 0 Å². The minimum Gasteiger partial charge on any atom is -0.385 e. The molecule has 1 aromatic rings. The predicted molar refractivity (Wildman–Crippen MR) is 59.8 cm³/mol. The quantitative estimate of drug-likeness (QED) is 0.804. The standard InChI is InChI=1S/C13H18O2/c1-9-4-5-12(10(2)6-9)13(14)7-11(8-13)15-3/h4-6,11,14H,7-8H2,1-3H3. The summed E-state index contributed by atoms with van der Waals surface area (Å²) < 4.78 is 5.21. The Morgan fingerprint density at radius 2 is 2.00 bits per heavy atom. The minimum atomic E-state index is -0.654. The number of aliphatic hydroxyl groups is 1. The molecule has 82 valence electrons. The first-order valence-electron chi connectivity index (χ1n) is 5.38. The number of benzene rings is 1. The van der Waals surface area contributed by atoms with Crippen LogP contribution >= 0.6 is 0 Å². The summed E-state index contributed by atoms with van der Waals surface area (Å²) in [5, 5.41) is 10.4. The summed E-state index contributed by atoms with van der Waals surface area (Å²) in [5.74, 6) is 0. The fourth-order valence-corrected chi connectivity index (χ4v) is 2.42. The number of methoxy groups -OCH3 is 1. The Bertz CT molecular complexity index is 365. The fourth-order valence-electron chi connectivity index (χ4n) is 2.42. The van der Waals surface area contributed by atoms with Crippen LogP contribution < -0.4 is 0 Å². The maximum Gasteiger partial charge on any atom is 0.0948 e. The monoisotopic (exact) mass is 206 g/mol. The predicted octanol–water partition coefficient (Wildman–Crippen LogP) is 2.30. The number of aryl methyl sites for hydroxylation is 2. The molecule has 1 aliphatic carbocycles. The molecule has 0 spiro atoms. The zero-order valence-electron chi connectivity index (χ0n) is 9.58.